The second-order valence-corrected chi connectivity index (χ2v) is 10.1. The third-order valence-corrected chi connectivity index (χ3v) is 7.85. The van der Waals surface area contributed by atoms with E-state index in [9.17, 15) is 18.0 Å². The minimum Gasteiger partial charge on any atom is -0.326 e. The first-order valence-electron chi connectivity index (χ1n) is 10.8. The van der Waals surface area contributed by atoms with Gasteiger partial charge in [0.2, 0.25) is 21.8 Å². The van der Waals surface area contributed by atoms with E-state index in [1.807, 2.05) is 30.3 Å². The molecule has 1 atom stereocenters. The van der Waals surface area contributed by atoms with E-state index < -0.39 is 16.1 Å². The molecule has 0 bridgehead atoms. The molecule has 1 saturated heterocycles. The highest BCUT2D eigenvalue weighted by Gasteiger charge is 2.29. The summed E-state index contributed by atoms with van der Waals surface area (Å²) in [6, 6.07) is 13.6. The lowest BCUT2D eigenvalue weighted by Crippen LogP contribution is -2.35. The number of fused-ring (bicyclic) bond motifs is 1. The van der Waals surface area contributed by atoms with Crippen LogP contribution in [0.25, 0.3) is 6.08 Å². The lowest BCUT2D eigenvalue weighted by molar-refractivity contribution is -0.129. The Bertz CT molecular complexity index is 1140. The molecule has 0 aromatic heterocycles. The van der Waals surface area contributed by atoms with Crippen molar-refractivity contribution in [2.45, 2.75) is 43.5 Å². The predicted molar refractivity (Wildman–Crippen MR) is 123 cm³/mol. The van der Waals surface area contributed by atoms with Crippen molar-refractivity contribution in [3.05, 3.63) is 65.9 Å². The SMILES string of the molecule is CC(=O)N1C=Cc2ccccc2[C@H]1CC(=O)Nc1ccc(S(=O)(=O)N2CCCCC2)cc1. The number of nitrogens with one attached hydrogen (secondary N) is 1. The number of amides is 2. The van der Waals surface area contributed by atoms with Crippen molar-refractivity contribution in [3.63, 3.8) is 0 Å². The van der Waals surface area contributed by atoms with Gasteiger partial charge in [-0.25, -0.2) is 8.42 Å². The summed E-state index contributed by atoms with van der Waals surface area (Å²) >= 11 is 0. The molecule has 1 fully saturated rings. The fourth-order valence-electron chi connectivity index (χ4n) is 4.27. The van der Waals surface area contributed by atoms with Crippen LogP contribution in [0.3, 0.4) is 0 Å². The molecular formula is C24H27N3O4S. The number of anilines is 1. The summed E-state index contributed by atoms with van der Waals surface area (Å²) in [4.78, 5) is 26.7. The zero-order valence-electron chi connectivity index (χ0n) is 18.0. The smallest absolute Gasteiger partial charge is 0.243 e. The number of hydrogen-bond acceptors (Lipinski definition) is 4. The number of hydrogen-bond donors (Lipinski definition) is 1. The predicted octanol–water partition coefficient (Wildman–Crippen LogP) is 3.76. The van der Waals surface area contributed by atoms with E-state index in [-0.39, 0.29) is 23.1 Å². The summed E-state index contributed by atoms with van der Waals surface area (Å²) in [6.07, 6.45) is 6.48. The number of carbonyl (C=O) groups is 2. The monoisotopic (exact) mass is 453 g/mol. The van der Waals surface area contributed by atoms with Gasteiger partial charge in [-0.2, -0.15) is 4.31 Å². The van der Waals surface area contributed by atoms with Gasteiger partial charge in [-0.3, -0.25) is 9.59 Å². The van der Waals surface area contributed by atoms with E-state index in [1.54, 1.807) is 23.2 Å². The molecule has 2 amide bonds. The molecular weight excluding hydrogens is 426 g/mol. The average Bonchev–Trinajstić information content (AvgIpc) is 2.80. The van der Waals surface area contributed by atoms with Gasteiger partial charge in [-0.05, 0) is 54.3 Å². The van der Waals surface area contributed by atoms with Crippen LogP contribution in [-0.4, -0.2) is 42.5 Å². The van der Waals surface area contributed by atoms with E-state index in [2.05, 4.69) is 5.32 Å². The molecule has 0 unspecified atom stereocenters. The maximum absolute atomic E-state index is 12.8. The zero-order chi connectivity index (χ0) is 22.7. The number of piperidine rings is 1. The number of rotatable bonds is 5. The highest BCUT2D eigenvalue weighted by Crippen LogP contribution is 2.33. The first-order chi connectivity index (χ1) is 15.4. The van der Waals surface area contributed by atoms with Gasteiger partial charge in [0, 0.05) is 31.9 Å². The van der Waals surface area contributed by atoms with E-state index in [1.165, 1.54) is 23.4 Å². The van der Waals surface area contributed by atoms with E-state index in [0.717, 1.165) is 30.4 Å². The van der Waals surface area contributed by atoms with Gasteiger partial charge in [0.15, 0.2) is 0 Å². The normalized spacial score (nSPS) is 18.8. The summed E-state index contributed by atoms with van der Waals surface area (Å²) in [5.74, 6) is -0.390. The molecule has 7 nitrogen and oxygen atoms in total. The Hall–Kier alpha value is -2.97. The van der Waals surface area contributed by atoms with Crippen molar-refractivity contribution in [3.8, 4) is 0 Å². The largest absolute Gasteiger partial charge is 0.326 e. The minimum atomic E-state index is -3.51. The van der Waals surface area contributed by atoms with Crippen molar-refractivity contribution in [2.24, 2.45) is 0 Å². The molecule has 2 aliphatic rings. The topological polar surface area (TPSA) is 86.8 Å². The van der Waals surface area contributed by atoms with Gasteiger partial charge in [0.1, 0.15) is 0 Å². The fraction of sp³-hybridized carbons (Fsp3) is 0.333. The molecule has 4 rings (SSSR count). The van der Waals surface area contributed by atoms with Crippen LogP contribution >= 0.6 is 0 Å². The van der Waals surface area contributed by atoms with Gasteiger partial charge in [0.05, 0.1) is 17.4 Å². The Morgan fingerprint density at radius 1 is 1.00 bits per heavy atom. The first kappa shape index (κ1) is 22.2. The number of carbonyl (C=O) groups excluding carboxylic acids is 2. The van der Waals surface area contributed by atoms with Gasteiger partial charge in [0.25, 0.3) is 0 Å². The fourth-order valence-corrected chi connectivity index (χ4v) is 5.78. The molecule has 2 heterocycles. The Balaban J connectivity index is 1.46. The lowest BCUT2D eigenvalue weighted by Gasteiger charge is -2.32. The maximum atomic E-state index is 12.8. The molecule has 2 aliphatic heterocycles. The minimum absolute atomic E-state index is 0.0920. The lowest BCUT2D eigenvalue weighted by atomic mass is 9.93. The van der Waals surface area contributed by atoms with Crippen molar-refractivity contribution in [1.82, 2.24) is 9.21 Å². The van der Waals surface area contributed by atoms with E-state index in [0.29, 0.717) is 18.8 Å². The van der Waals surface area contributed by atoms with Crippen LogP contribution < -0.4 is 5.32 Å². The Labute approximate surface area is 188 Å². The first-order valence-corrected chi connectivity index (χ1v) is 12.3. The van der Waals surface area contributed by atoms with Crippen molar-refractivity contribution < 1.29 is 18.0 Å². The molecule has 32 heavy (non-hydrogen) atoms. The standard InChI is InChI=1S/C24H27N3O4S/c1-18(28)27-16-13-19-7-3-4-8-22(19)23(27)17-24(29)25-20-9-11-21(12-10-20)32(30,31)26-14-5-2-6-15-26/h3-4,7-13,16,23H,2,5-6,14-15,17H2,1H3,(H,25,29)/t23-/m1/s1. The third kappa shape index (κ3) is 4.61. The van der Waals surface area contributed by atoms with Crippen LogP contribution in [0.15, 0.2) is 59.6 Å². The molecule has 168 valence electrons. The van der Waals surface area contributed by atoms with Gasteiger partial charge >= 0.3 is 0 Å². The summed E-state index contributed by atoms with van der Waals surface area (Å²) < 4.78 is 27.1. The van der Waals surface area contributed by atoms with E-state index in [4.69, 9.17) is 0 Å². The molecule has 0 radical (unpaired) electrons. The molecule has 8 heteroatoms. The molecule has 2 aromatic carbocycles. The van der Waals surface area contributed by atoms with Crippen LogP contribution in [0.4, 0.5) is 5.69 Å². The Morgan fingerprint density at radius 3 is 2.38 bits per heavy atom. The highest BCUT2D eigenvalue weighted by atomic mass is 32.2. The van der Waals surface area contributed by atoms with Gasteiger partial charge < -0.3 is 10.2 Å². The second-order valence-electron chi connectivity index (χ2n) is 8.13. The Kier molecular flexibility index (Phi) is 6.43. The van der Waals surface area contributed by atoms with Gasteiger partial charge in [-0.15, -0.1) is 0 Å². The molecule has 0 saturated carbocycles. The van der Waals surface area contributed by atoms with Crippen LogP contribution in [-0.2, 0) is 19.6 Å². The maximum Gasteiger partial charge on any atom is 0.243 e. The molecule has 0 spiro atoms. The second kappa shape index (κ2) is 9.26. The van der Waals surface area contributed by atoms with Crippen molar-refractivity contribution >= 4 is 33.6 Å². The summed E-state index contributed by atoms with van der Waals surface area (Å²) in [7, 11) is -3.51. The Morgan fingerprint density at radius 2 is 1.69 bits per heavy atom. The summed E-state index contributed by atoms with van der Waals surface area (Å²) in [6.45, 7) is 2.57. The van der Waals surface area contributed by atoms with Crippen LogP contribution in [0.5, 0.6) is 0 Å². The number of benzene rings is 2. The molecule has 0 aliphatic carbocycles. The third-order valence-electron chi connectivity index (χ3n) is 5.94. The van der Waals surface area contributed by atoms with Gasteiger partial charge in [-0.1, -0.05) is 30.7 Å². The molecule has 1 N–H and O–H groups in total. The summed E-state index contributed by atoms with van der Waals surface area (Å²) in [5.41, 5.74) is 2.42. The summed E-state index contributed by atoms with van der Waals surface area (Å²) in [5, 5.41) is 2.83. The highest BCUT2D eigenvalue weighted by molar-refractivity contribution is 7.89. The zero-order valence-corrected chi connectivity index (χ0v) is 18.8. The van der Waals surface area contributed by atoms with Crippen LogP contribution in [0.1, 0.15) is 49.8 Å². The number of sulfonamides is 1. The van der Waals surface area contributed by atoms with Crippen molar-refractivity contribution in [1.29, 1.82) is 0 Å². The average molecular weight is 454 g/mol. The quantitative estimate of drug-likeness (QED) is 0.747. The molecule has 2 aromatic rings. The van der Waals surface area contributed by atoms with Crippen molar-refractivity contribution in [2.75, 3.05) is 18.4 Å². The van der Waals surface area contributed by atoms with Crippen LogP contribution in [0.2, 0.25) is 0 Å². The van der Waals surface area contributed by atoms with E-state index >= 15 is 0 Å². The number of nitrogens with zero attached hydrogens (tertiary/aromatic N) is 2. The van der Waals surface area contributed by atoms with Crippen LogP contribution in [0, 0.1) is 0 Å².